The molecule has 1 aromatic heterocycles. The maximum atomic E-state index is 11.8. The summed E-state index contributed by atoms with van der Waals surface area (Å²) in [7, 11) is 0. The van der Waals surface area contributed by atoms with E-state index < -0.39 is 0 Å². The summed E-state index contributed by atoms with van der Waals surface area (Å²) in [4.78, 5) is 19.6. The lowest BCUT2D eigenvalue weighted by Gasteiger charge is -2.13. The summed E-state index contributed by atoms with van der Waals surface area (Å²) in [6.45, 7) is 4.14. The van der Waals surface area contributed by atoms with Gasteiger partial charge in [0.05, 0.1) is 0 Å². The number of anilines is 1. The molecule has 5 nitrogen and oxygen atoms in total. The Bertz CT molecular complexity index is 367. The van der Waals surface area contributed by atoms with Crippen molar-refractivity contribution in [3.8, 4) is 0 Å². The van der Waals surface area contributed by atoms with Crippen molar-refractivity contribution < 1.29 is 4.79 Å². The molecule has 0 saturated heterocycles. The van der Waals surface area contributed by atoms with Gasteiger partial charge in [0.15, 0.2) is 11.5 Å². The summed E-state index contributed by atoms with van der Waals surface area (Å²) in [5.74, 6) is -0.0784. The molecule has 1 unspecified atom stereocenters. The van der Waals surface area contributed by atoms with E-state index in [1.54, 1.807) is 0 Å². The van der Waals surface area contributed by atoms with E-state index in [-0.39, 0.29) is 23.5 Å². The van der Waals surface area contributed by atoms with Crippen molar-refractivity contribution in [2.75, 3.05) is 5.73 Å². The lowest BCUT2D eigenvalue weighted by molar-refractivity contribution is 0.0933. The van der Waals surface area contributed by atoms with Crippen LogP contribution in [0.15, 0.2) is 12.4 Å². The largest absolute Gasteiger partial charge is 0.382 e. The Kier molecular flexibility index (Phi) is 5.39. The van der Waals surface area contributed by atoms with Crippen molar-refractivity contribution in [2.24, 2.45) is 0 Å². The molecule has 0 spiro atoms. The van der Waals surface area contributed by atoms with Gasteiger partial charge in [-0.05, 0) is 13.3 Å². The van der Waals surface area contributed by atoms with Gasteiger partial charge in [0, 0.05) is 18.4 Å². The minimum atomic E-state index is -0.250. The Morgan fingerprint density at radius 3 is 2.76 bits per heavy atom. The number of nitrogens with one attached hydrogen (secondary N) is 1. The third-order valence-corrected chi connectivity index (χ3v) is 2.56. The number of aromatic nitrogens is 2. The lowest BCUT2D eigenvalue weighted by atomic mass is 10.1. The molecule has 94 valence electrons. The van der Waals surface area contributed by atoms with E-state index in [1.165, 1.54) is 25.2 Å². The summed E-state index contributed by atoms with van der Waals surface area (Å²) >= 11 is 0. The predicted octanol–water partition coefficient (Wildman–Crippen LogP) is 1.76. The van der Waals surface area contributed by atoms with Gasteiger partial charge in [-0.1, -0.05) is 26.2 Å². The van der Waals surface area contributed by atoms with Crippen LogP contribution in [-0.2, 0) is 0 Å². The summed E-state index contributed by atoms with van der Waals surface area (Å²) in [6.07, 6.45) is 7.39. The fourth-order valence-electron chi connectivity index (χ4n) is 1.59. The topological polar surface area (TPSA) is 80.9 Å². The third-order valence-electron chi connectivity index (χ3n) is 2.56. The molecule has 0 aliphatic rings. The second kappa shape index (κ2) is 6.83. The van der Waals surface area contributed by atoms with Gasteiger partial charge in [-0.3, -0.25) is 4.79 Å². The first-order chi connectivity index (χ1) is 8.15. The van der Waals surface area contributed by atoms with Crippen LogP contribution in [0.1, 0.15) is 50.0 Å². The molecule has 0 radical (unpaired) electrons. The SMILES string of the molecule is CCCCCC(C)NC(=O)c1nccnc1N. The highest BCUT2D eigenvalue weighted by Gasteiger charge is 2.14. The number of hydrogen-bond acceptors (Lipinski definition) is 4. The van der Waals surface area contributed by atoms with Gasteiger partial charge in [0.25, 0.3) is 5.91 Å². The van der Waals surface area contributed by atoms with Gasteiger partial charge in [-0.25, -0.2) is 9.97 Å². The first-order valence-electron chi connectivity index (χ1n) is 6.02. The van der Waals surface area contributed by atoms with Crippen LogP contribution in [0.25, 0.3) is 0 Å². The fourth-order valence-corrected chi connectivity index (χ4v) is 1.59. The van der Waals surface area contributed by atoms with Crippen LogP contribution in [-0.4, -0.2) is 21.9 Å². The normalized spacial score (nSPS) is 12.1. The van der Waals surface area contributed by atoms with Crippen LogP contribution in [0.4, 0.5) is 5.82 Å². The Balaban J connectivity index is 2.46. The first-order valence-corrected chi connectivity index (χ1v) is 6.02. The summed E-state index contributed by atoms with van der Waals surface area (Å²) in [5.41, 5.74) is 5.79. The molecule has 5 heteroatoms. The van der Waals surface area contributed by atoms with E-state index in [9.17, 15) is 4.79 Å². The van der Waals surface area contributed by atoms with Crippen molar-refractivity contribution in [1.82, 2.24) is 15.3 Å². The van der Waals surface area contributed by atoms with Gasteiger partial charge in [-0.2, -0.15) is 0 Å². The van der Waals surface area contributed by atoms with Crippen molar-refractivity contribution in [3.05, 3.63) is 18.1 Å². The van der Waals surface area contributed by atoms with Gasteiger partial charge >= 0.3 is 0 Å². The van der Waals surface area contributed by atoms with Gasteiger partial charge in [0.1, 0.15) is 0 Å². The number of nitrogen functional groups attached to an aromatic ring is 1. The number of hydrogen-bond donors (Lipinski definition) is 2. The number of nitrogens with zero attached hydrogens (tertiary/aromatic N) is 2. The van der Waals surface area contributed by atoms with E-state index >= 15 is 0 Å². The van der Waals surface area contributed by atoms with Crippen molar-refractivity contribution in [2.45, 2.75) is 45.6 Å². The van der Waals surface area contributed by atoms with Gasteiger partial charge in [-0.15, -0.1) is 0 Å². The Labute approximate surface area is 102 Å². The van der Waals surface area contributed by atoms with Crippen LogP contribution in [0.2, 0.25) is 0 Å². The average Bonchev–Trinajstić information content (AvgIpc) is 2.29. The maximum Gasteiger partial charge on any atom is 0.273 e. The molecule has 17 heavy (non-hydrogen) atoms. The monoisotopic (exact) mass is 236 g/mol. The van der Waals surface area contributed by atoms with Crippen molar-refractivity contribution in [3.63, 3.8) is 0 Å². The number of amides is 1. The molecule has 1 amide bonds. The van der Waals surface area contributed by atoms with Gasteiger partial charge in [0.2, 0.25) is 0 Å². The minimum absolute atomic E-state index is 0.135. The molecule has 1 aromatic rings. The highest BCUT2D eigenvalue weighted by Crippen LogP contribution is 2.06. The van der Waals surface area contributed by atoms with Crippen molar-refractivity contribution in [1.29, 1.82) is 0 Å². The second-order valence-electron chi connectivity index (χ2n) is 4.16. The lowest BCUT2D eigenvalue weighted by Crippen LogP contribution is -2.33. The van der Waals surface area contributed by atoms with E-state index in [2.05, 4.69) is 22.2 Å². The minimum Gasteiger partial charge on any atom is -0.382 e. The van der Waals surface area contributed by atoms with E-state index in [1.807, 2.05) is 6.92 Å². The van der Waals surface area contributed by atoms with Crippen LogP contribution < -0.4 is 11.1 Å². The Hall–Kier alpha value is -1.65. The zero-order chi connectivity index (χ0) is 12.7. The zero-order valence-electron chi connectivity index (χ0n) is 10.4. The van der Waals surface area contributed by atoms with E-state index in [0.29, 0.717) is 0 Å². The number of rotatable bonds is 6. The second-order valence-corrected chi connectivity index (χ2v) is 4.16. The zero-order valence-corrected chi connectivity index (χ0v) is 10.4. The molecular formula is C12H20N4O. The molecule has 0 fully saturated rings. The molecule has 0 aliphatic heterocycles. The average molecular weight is 236 g/mol. The van der Waals surface area contributed by atoms with Crippen LogP contribution in [0.5, 0.6) is 0 Å². The third kappa shape index (κ3) is 4.38. The van der Waals surface area contributed by atoms with Gasteiger partial charge < -0.3 is 11.1 Å². The molecule has 1 atom stereocenters. The number of unbranched alkanes of at least 4 members (excludes halogenated alkanes) is 2. The molecule has 0 aromatic carbocycles. The predicted molar refractivity (Wildman–Crippen MR) is 67.5 cm³/mol. The summed E-state index contributed by atoms with van der Waals surface area (Å²) < 4.78 is 0. The standard InChI is InChI=1S/C12H20N4O/c1-3-4-5-6-9(2)16-12(17)10-11(13)15-8-7-14-10/h7-9H,3-6H2,1-2H3,(H2,13,15)(H,16,17). The Morgan fingerprint density at radius 2 is 2.12 bits per heavy atom. The van der Waals surface area contributed by atoms with Crippen LogP contribution in [0, 0.1) is 0 Å². The fraction of sp³-hybridized carbons (Fsp3) is 0.583. The number of carbonyl (C=O) groups is 1. The maximum absolute atomic E-state index is 11.8. The first kappa shape index (κ1) is 13.4. The van der Waals surface area contributed by atoms with E-state index in [0.717, 1.165) is 12.8 Å². The summed E-state index contributed by atoms with van der Waals surface area (Å²) in [5, 5.41) is 2.87. The molecular weight excluding hydrogens is 216 g/mol. The quantitative estimate of drug-likeness (QED) is 0.737. The molecule has 0 bridgehead atoms. The highest BCUT2D eigenvalue weighted by molar-refractivity contribution is 5.96. The summed E-state index contributed by atoms with van der Waals surface area (Å²) in [6, 6.07) is 0.135. The molecule has 1 heterocycles. The van der Waals surface area contributed by atoms with Crippen LogP contribution >= 0.6 is 0 Å². The molecule has 0 aliphatic carbocycles. The molecule has 0 saturated carbocycles. The smallest absolute Gasteiger partial charge is 0.273 e. The highest BCUT2D eigenvalue weighted by atomic mass is 16.2. The molecule has 3 N–H and O–H groups in total. The Morgan fingerprint density at radius 1 is 1.41 bits per heavy atom. The molecule has 1 rings (SSSR count). The number of nitrogens with two attached hydrogens (primary N) is 1. The van der Waals surface area contributed by atoms with Crippen LogP contribution in [0.3, 0.4) is 0 Å². The van der Waals surface area contributed by atoms with Crippen molar-refractivity contribution >= 4 is 11.7 Å². The van der Waals surface area contributed by atoms with E-state index in [4.69, 9.17) is 5.73 Å². The number of carbonyl (C=O) groups excluding carboxylic acids is 1.